The minimum absolute atomic E-state index is 0.678. The van der Waals surface area contributed by atoms with Gasteiger partial charge in [0.25, 0.3) is 0 Å². The maximum absolute atomic E-state index is 4.43. The summed E-state index contributed by atoms with van der Waals surface area (Å²) in [5.74, 6) is 0.933. The highest BCUT2D eigenvalue weighted by molar-refractivity contribution is 8.01. The fourth-order valence-electron chi connectivity index (χ4n) is 2.91. The number of nitrogens with one attached hydrogen (secondary N) is 1. The van der Waals surface area contributed by atoms with E-state index in [1.54, 1.807) is 11.3 Å². The summed E-state index contributed by atoms with van der Waals surface area (Å²) in [6.45, 7) is 5.60. The molecule has 1 N–H and O–H groups in total. The first-order chi connectivity index (χ1) is 8.83. The smallest absolute Gasteiger partial charge is 0.150 e. The van der Waals surface area contributed by atoms with Crippen molar-refractivity contribution in [2.24, 2.45) is 5.92 Å². The predicted octanol–water partition coefficient (Wildman–Crippen LogP) is 4.18. The Morgan fingerprint density at radius 2 is 2.33 bits per heavy atom. The molecule has 0 aromatic carbocycles. The molecule has 2 nitrogen and oxygen atoms in total. The van der Waals surface area contributed by atoms with Gasteiger partial charge in [0.05, 0.1) is 0 Å². The van der Waals surface area contributed by atoms with E-state index in [2.05, 4.69) is 29.5 Å². The van der Waals surface area contributed by atoms with E-state index in [9.17, 15) is 0 Å². The van der Waals surface area contributed by atoms with Gasteiger partial charge in [-0.15, -0.1) is 11.3 Å². The molecule has 1 aliphatic carbocycles. The fourth-order valence-corrected chi connectivity index (χ4v) is 5.17. The molecular formula is C14H24N2S2. The number of thioether (sulfide) groups is 1. The molecule has 1 aromatic rings. The van der Waals surface area contributed by atoms with Crippen LogP contribution in [-0.2, 0) is 0 Å². The van der Waals surface area contributed by atoms with Gasteiger partial charge in [-0.05, 0) is 31.7 Å². The summed E-state index contributed by atoms with van der Waals surface area (Å²) in [5, 5.41) is 6.46. The third-order valence-electron chi connectivity index (χ3n) is 3.73. The van der Waals surface area contributed by atoms with Gasteiger partial charge in [-0.2, -0.15) is 0 Å². The Morgan fingerprint density at radius 1 is 1.44 bits per heavy atom. The summed E-state index contributed by atoms with van der Waals surface area (Å²) >= 11 is 3.77. The van der Waals surface area contributed by atoms with Crippen molar-refractivity contribution in [1.82, 2.24) is 10.3 Å². The van der Waals surface area contributed by atoms with Crippen LogP contribution in [0.1, 0.15) is 46.0 Å². The SMILES string of the molecule is CCCC1CCC(NCC)C(Sc2nccs2)C1. The van der Waals surface area contributed by atoms with E-state index < -0.39 is 0 Å². The second-order valence-corrected chi connectivity index (χ2v) is 7.47. The zero-order chi connectivity index (χ0) is 12.8. The Bertz CT molecular complexity index is 327. The number of nitrogens with zero attached hydrogens (tertiary/aromatic N) is 1. The van der Waals surface area contributed by atoms with Crippen molar-refractivity contribution < 1.29 is 0 Å². The van der Waals surface area contributed by atoms with Crippen molar-refractivity contribution in [2.45, 2.75) is 61.6 Å². The van der Waals surface area contributed by atoms with E-state index in [0.717, 1.165) is 12.5 Å². The Morgan fingerprint density at radius 3 is 3.00 bits per heavy atom. The van der Waals surface area contributed by atoms with Crippen molar-refractivity contribution in [2.75, 3.05) is 6.54 Å². The molecule has 102 valence electrons. The highest BCUT2D eigenvalue weighted by Crippen LogP contribution is 2.38. The van der Waals surface area contributed by atoms with Crippen LogP contribution >= 0.6 is 23.1 Å². The van der Waals surface area contributed by atoms with E-state index in [4.69, 9.17) is 0 Å². The average Bonchev–Trinajstić information content (AvgIpc) is 2.86. The predicted molar refractivity (Wildman–Crippen MR) is 81.5 cm³/mol. The zero-order valence-electron chi connectivity index (χ0n) is 11.4. The van der Waals surface area contributed by atoms with Crippen LogP contribution in [0, 0.1) is 5.92 Å². The molecule has 1 aliphatic rings. The van der Waals surface area contributed by atoms with Gasteiger partial charge >= 0.3 is 0 Å². The fraction of sp³-hybridized carbons (Fsp3) is 0.786. The van der Waals surface area contributed by atoms with Crippen LogP contribution in [-0.4, -0.2) is 22.8 Å². The molecule has 18 heavy (non-hydrogen) atoms. The average molecular weight is 284 g/mol. The lowest BCUT2D eigenvalue weighted by Crippen LogP contribution is -2.42. The summed E-state index contributed by atoms with van der Waals surface area (Å²) in [4.78, 5) is 4.43. The first-order valence-electron chi connectivity index (χ1n) is 7.13. The molecule has 1 fully saturated rings. The second kappa shape index (κ2) is 7.51. The quantitative estimate of drug-likeness (QED) is 0.848. The monoisotopic (exact) mass is 284 g/mol. The first-order valence-corrected chi connectivity index (χ1v) is 8.89. The molecule has 3 atom stereocenters. The Balaban J connectivity index is 1.95. The van der Waals surface area contributed by atoms with Gasteiger partial charge in [0.1, 0.15) is 4.34 Å². The maximum Gasteiger partial charge on any atom is 0.150 e. The number of hydrogen-bond acceptors (Lipinski definition) is 4. The van der Waals surface area contributed by atoms with Gasteiger partial charge in [-0.25, -0.2) is 4.98 Å². The molecule has 1 aromatic heterocycles. The van der Waals surface area contributed by atoms with Crippen molar-refractivity contribution in [1.29, 1.82) is 0 Å². The third-order valence-corrected chi connectivity index (χ3v) is 6.00. The Hall–Kier alpha value is -0.0600. The minimum atomic E-state index is 0.678. The number of rotatable bonds is 6. The normalized spacial score (nSPS) is 28.4. The second-order valence-electron chi connectivity index (χ2n) is 5.09. The molecule has 2 rings (SSSR count). The van der Waals surface area contributed by atoms with Crippen molar-refractivity contribution in [3.05, 3.63) is 11.6 Å². The first kappa shape index (κ1) is 14.4. The van der Waals surface area contributed by atoms with Crippen LogP contribution in [0.2, 0.25) is 0 Å². The highest BCUT2D eigenvalue weighted by atomic mass is 32.2. The van der Waals surface area contributed by atoms with E-state index >= 15 is 0 Å². The number of hydrogen-bond donors (Lipinski definition) is 1. The van der Waals surface area contributed by atoms with Gasteiger partial charge in [0, 0.05) is 22.9 Å². The van der Waals surface area contributed by atoms with Gasteiger partial charge in [0.15, 0.2) is 0 Å². The van der Waals surface area contributed by atoms with Gasteiger partial charge in [-0.1, -0.05) is 38.5 Å². The Kier molecular flexibility index (Phi) is 5.99. The van der Waals surface area contributed by atoms with Crippen LogP contribution in [0.25, 0.3) is 0 Å². The Labute approximate surface area is 119 Å². The topological polar surface area (TPSA) is 24.9 Å². The van der Waals surface area contributed by atoms with Crippen LogP contribution in [0.15, 0.2) is 15.9 Å². The molecule has 0 radical (unpaired) electrons. The van der Waals surface area contributed by atoms with E-state index in [1.807, 2.05) is 18.0 Å². The summed E-state index contributed by atoms with van der Waals surface area (Å²) in [7, 11) is 0. The van der Waals surface area contributed by atoms with Crippen LogP contribution in [0.4, 0.5) is 0 Å². The molecule has 4 heteroatoms. The molecule has 1 saturated carbocycles. The summed E-state index contributed by atoms with van der Waals surface area (Å²) in [6.07, 6.45) is 8.73. The van der Waals surface area contributed by atoms with Gasteiger partial charge < -0.3 is 5.32 Å². The van der Waals surface area contributed by atoms with Crippen molar-refractivity contribution in [3.8, 4) is 0 Å². The maximum atomic E-state index is 4.43. The highest BCUT2D eigenvalue weighted by Gasteiger charge is 2.30. The third kappa shape index (κ3) is 3.97. The van der Waals surface area contributed by atoms with Crippen molar-refractivity contribution in [3.63, 3.8) is 0 Å². The summed E-state index contributed by atoms with van der Waals surface area (Å²) in [6, 6.07) is 0.678. The standard InChI is InChI=1S/C14H24N2S2/c1-3-5-11-6-7-12(15-4-2)13(10-11)18-14-16-8-9-17-14/h8-9,11-13,15H,3-7,10H2,1-2H3. The van der Waals surface area contributed by atoms with Gasteiger partial charge in [0.2, 0.25) is 0 Å². The molecule has 0 aliphatic heterocycles. The molecule has 0 spiro atoms. The zero-order valence-corrected chi connectivity index (χ0v) is 13.0. The van der Waals surface area contributed by atoms with Gasteiger partial charge in [-0.3, -0.25) is 0 Å². The van der Waals surface area contributed by atoms with Crippen LogP contribution in [0.3, 0.4) is 0 Å². The van der Waals surface area contributed by atoms with Crippen LogP contribution in [0.5, 0.6) is 0 Å². The van der Waals surface area contributed by atoms with Crippen LogP contribution < -0.4 is 5.32 Å². The van der Waals surface area contributed by atoms with E-state index in [1.165, 1.54) is 36.4 Å². The molecular weight excluding hydrogens is 260 g/mol. The summed E-state index contributed by atoms with van der Waals surface area (Å²) < 4.78 is 1.24. The summed E-state index contributed by atoms with van der Waals surface area (Å²) in [5.41, 5.74) is 0. The van der Waals surface area contributed by atoms with E-state index in [0.29, 0.717) is 11.3 Å². The molecule has 1 heterocycles. The minimum Gasteiger partial charge on any atom is -0.313 e. The molecule has 0 saturated heterocycles. The van der Waals surface area contributed by atoms with E-state index in [-0.39, 0.29) is 0 Å². The lowest BCUT2D eigenvalue weighted by atomic mass is 9.83. The van der Waals surface area contributed by atoms with Crippen molar-refractivity contribution >= 4 is 23.1 Å². The molecule has 3 unspecified atom stereocenters. The lowest BCUT2D eigenvalue weighted by Gasteiger charge is -2.35. The number of thiazole rings is 1. The lowest BCUT2D eigenvalue weighted by molar-refractivity contribution is 0.289. The number of aromatic nitrogens is 1. The molecule has 0 amide bonds. The largest absolute Gasteiger partial charge is 0.313 e. The molecule has 0 bridgehead atoms.